The third kappa shape index (κ3) is 3.10. The standard InChI is InChI=1S/C10H18N2S/c1-3-8(2)10(12-11)7-9-5-4-6-13-9/h4-6,8,10,12H,3,7,11H2,1-2H3. The number of rotatable bonds is 5. The van der Waals surface area contributed by atoms with E-state index in [1.54, 1.807) is 11.3 Å². The lowest BCUT2D eigenvalue weighted by Gasteiger charge is -2.21. The summed E-state index contributed by atoms with van der Waals surface area (Å²) < 4.78 is 0. The van der Waals surface area contributed by atoms with Crippen LogP contribution in [-0.4, -0.2) is 6.04 Å². The first kappa shape index (κ1) is 10.7. The molecule has 0 aliphatic carbocycles. The lowest BCUT2D eigenvalue weighted by molar-refractivity contribution is 0.371. The Kier molecular flexibility index (Phi) is 4.42. The quantitative estimate of drug-likeness (QED) is 0.562. The Morgan fingerprint density at radius 2 is 2.38 bits per heavy atom. The highest BCUT2D eigenvalue weighted by atomic mass is 32.1. The molecule has 2 unspecified atom stereocenters. The predicted octanol–water partition coefficient (Wildman–Crippen LogP) is 2.17. The van der Waals surface area contributed by atoms with Crippen molar-refractivity contribution in [2.45, 2.75) is 32.7 Å². The molecule has 2 nitrogen and oxygen atoms in total. The summed E-state index contributed by atoms with van der Waals surface area (Å²) in [6.45, 7) is 4.43. The predicted molar refractivity (Wildman–Crippen MR) is 58.6 cm³/mol. The van der Waals surface area contributed by atoms with Gasteiger partial charge in [-0.2, -0.15) is 0 Å². The van der Waals surface area contributed by atoms with Gasteiger partial charge in [0.15, 0.2) is 0 Å². The Balaban J connectivity index is 2.49. The molecule has 0 aliphatic rings. The van der Waals surface area contributed by atoms with Crippen molar-refractivity contribution < 1.29 is 0 Å². The smallest absolute Gasteiger partial charge is 0.0284 e. The maximum atomic E-state index is 5.52. The minimum absolute atomic E-state index is 0.406. The second-order valence-corrected chi connectivity index (χ2v) is 4.47. The molecule has 0 saturated heterocycles. The Morgan fingerprint density at radius 3 is 2.85 bits per heavy atom. The molecule has 0 bridgehead atoms. The van der Waals surface area contributed by atoms with Crippen LogP contribution in [0.25, 0.3) is 0 Å². The first-order valence-corrected chi connectivity index (χ1v) is 5.64. The summed E-state index contributed by atoms with van der Waals surface area (Å²) in [6.07, 6.45) is 2.21. The molecule has 0 saturated carbocycles. The summed E-state index contributed by atoms with van der Waals surface area (Å²) in [5.74, 6) is 6.15. The molecule has 3 heteroatoms. The highest BCUT2D eigenvalue weighted by Gasteiger charge is 2.14. The fourth-order valence-corrected chi connectivity index (χ4v) is 2.12. The van der Waals surface area contributed by atoms with Gasteiger partial charge in [0, 0.05) is 10.9 Å². The van der Waals surface area contributed by atoms with Gasteiger partial charge in [-0.3, -0.25) is 11.3 Å². The fourth-order valence-electron chi connectivity index (χ4n) is 1.35. The van der Waals surface area contributed by atoms with Crippen molar-refractivity contribution >= 4 is 11.3 Å². The Labute approximate surface area is 84.1 Å². The first-order chi connectivity index (χ1) is 6.27. The van der Waals surface area contributed by atoms with Gasteiger partial charge in [-0.15, -0.1) is 11.3 Å². The van der Waals surface area contributed by atoms with Crippen LogP contribution < -0.4 is 11.3 Å². The molecule has 0 radical (unpaired) electrons. The van der Waals surface area contributed by atoms with Gasteiger partial charge in [0.1, 0.15) is 0 Å². The van der Waals surface area contributed by atoms with Gasteiger partial charge in [0.05, 0.1) is 0 Å². The molecule has 0 spiro atoms. The van der Waals surface area contributed by atoms with E-state index in [0.717, 1.165) is 6.42 Å². The zero-order valence-corrected chi connectivity index (χ0v) is 9.10. The van der Waals surface area contributed by atoms with E-state index in [2.05, 4.69) is 36.8 Å². The molecule has 0 fully saturated rings. The lowest BCUT2D eigenvalue weighted by atomic mass is 9.96. The average Bonchev–Trinajstić information content (AvgIpc) is 2.65. The molecule has 1 aromatic rings. The van der Waals surface area contributed by atoms with Crippen molar-refractivity contribution in [3.8, 4) is 0 Å². The van der Waals surface area contributed by atoms with Gasteiger partial charge in [-0.05, 0) is 23.8 Å². The minimum Gasteiger partial charge on any atom is -0.271 e. The van der Waals surface area contributed by atoms with Crippen LogP contribution in [0.1, 0.15) is 25.1 Å². The van der Waals surface area contributed by atoms with E-state index < -0.39 is 0 Å². The number of hydrazine groups is 1. The van der Waals surface area contributed by atoms with Crippen molar-refractivity contribution in [3.63, 3.8) is 0 Å². The van der Waals surface area contributed by atoms with Gasteiger partial charge < -0.3 is 0 Å². The molecule has 0 amide bonds. The Bertz CT molecular complexity index is 221. The molecule has 74 valence electrons. The molecular weight excluding hydrogens is 180 g/mol. The van der Waals surface area contributed by atoms with Crippen molar-refractivity contribution in [3.05, 3.63) is 22.4 Å². The largest absolute Gasteiger partial charge is 0.271 e. The summed E-state index contributed by atoms with van der Waals surface area (Å²) in [4.78, 5) is 1.41. The van der Waals surface area contributed by atoms with E-state index in [1.165, 1.54) is 11.3 Å². The van der Waals surface area contributed by atoms with Crippen LogP contribution in [0, 0.1) is 5.92 Å². The normalized spacial score (nSPS) is 15.6. The molecule has 13 heavy (non-hydrogen) atoms. The fraction of sp³-hybridized carbons (Fsp3) is 0.600. The molecule has 0 aliphatic heterocycles. The van der Waals surface area contributed by atoms with Crippen molar-refractivity contribution in [1.29, 1.82) is 0 Å². The number of hydrogen-bond acceptors (Lipinski definition) is 3. The minimum atomic E-state index is 0.406. The highest BCUT2D eigenvalue weighted by molar-refractivity contribution is 7.09. The number of hydrogen-bond donors (Lipinski definition) is 2. The van der Waals surface area contributed by atoms with Gasteiger partial charge >= 0.3 is 0 Å². The summed E-state index contributed by atoms with van der Waals surface area (Å²) in [6, 6.07) is 4.66. The zero-order valence-electron chi connectivity index (χ0n) is 8.29. The lowest BCUT2D eigenvalue weighted by Crippen LogP contribution is -2.41. The first-order valence-electron chi connectivity index (χ1n) is 4.76. The van der Waals surface area contributed by atoms with Gasteiger partial charge in [0.25, 0.3) is 0 Å². The van der Waals surface area contributed by atoms with Crippen LogP contribution in [0.5, 0.6) is 0 Å². The van der Waals surface area contributed by atoms with Gasteiger partial charge in [-0.1, -0.05) is 26.3 Å². The van der Waals surface area contributed by atoms with Crippen molar-refractivity contribution in [2.75, 3.05) is 0 Å². The zero-order chi connectivity index (χ0) is 9.68. The van der Waals surface area contributed by atoms with Crippen LogP contribution in [0.15, 0.2) is 17.5 Å². The third-order valence-electron chi connectivity index (χ3n) is 2.55. The van der Waals surface area contributed by atoms with Crippen molar-refractivity contribution in [2.24, 2.45) is 11.8 Å². The van der Waals surface area contributed by atoms with E-state index in [-0.39, 0.29) is 0 Å². The summed E-state index contributed by atoms with van der Waals surface area (Å²) in [5, 5.41) is 2.11. The average molecular weight is 198 g/mol. The van der Waals surface area contributed by atoms with Crippen LogP contribution >= 0.6 is 11.3 Å². The van der Waals surface area contributed by atoms with Crippen LogP contribution in [-0.2, 0) is 6.42 Å². The Morgan fingerprint density at radius 1 is 1.62 bits per heavy atom. The number of nitrogens with one attached hydrogen (secondary N) is 1. The summed E-state index contributed by atoms with van der Waals surface area (Å²) >= 11 is 1.80. The second-order valence-electron chi connectivity index (χ2n) is 3.44. The highest BCUT2D eigenvalue weighted by Crippen LogP contribution is 2.16. The third-order valence-corrected chi connectivity index (χ3v) is 3.44. The van der Waals surface area contributed by atoms with Gasteiger partial charge in [-0.25, -0.2) is 0 Å². The van der Waals surface area contributed by atoms with E-state index in [4.69, 9.17) is 5.84 Å². The molecule has 1 heterocycles. The molecule has 2 atom stereocenters. The molecule has 3 N–H and O–H groups in total. The second kappa shape index (κ2) is 5.37. The molecule has 0 aromatic carbocycles. The maximum absolute atomic E-state index is 5.52. The van der Waals surface area contributed by atoms with Crippen molar-refractivity contribution in [1.82, 2.24) is 5.43 Å². The van der Waals surface area contributed by atoms with E-state index in [1.807, 2.05) is 0 Å². The van der Waals surface area contributed by atoms with E-state index >= 15 is 0 Å². The maximum Gasteiger partial charge on any atom is 0.0284 e. The topological polar surface area (TPSA) is 38.0 Å². The van der Waals surface area contributed by atoms with Crippen LogP contribution in [0.3, 0.4) is 0 Å². The van der Waals surface area contributed by atoms with E-state index in [9.17, 15) is 0 Å². The molecule has 1 aromatic heterocycles. The van der Waals surface area contributed by atoms with E-state index in [0.29, 0.717) is 12.0 Å². The SMILES string of the molecule is CCC(C)C(Cc1cccs1)NN. The van der Waals surface area contributed by atoms with Crippen LogP contribution in [0.2, 0.25) is 0 Å². The van der Waals surface area contributed by atoms with Gasteiger partial charge in [0.2, 0.25) is 0 Å². The number of nitrogens with two attached hydrogens (primary N) is 1. The molecular formula is C10H18N2S. The monoisotopic (exact) mass is 198 g/mol. The summed E-state index contributed by atoms with van der Waals surface area (Å²) in [5.41, 5.74) is 2.90. The Hall–Kier alpha value is -0.380. The molecule has 1 rings (SSSR count). The van der Waals surface area contributed by atoms with Crippen LogP contribution in [0.4, 0.5) is 0 Å². The number of thiophene rings is 1. The summed E-state index contributed by atoms with van der Waals surface area (Å²) in [7, 11) is 0.